The molecule has 3 heteroatoms. The minimum Gasteiger partial charge on any atom is -0.372 e. The van der Waals surface area contributed by atoms with Crippen LogP contribution in [-0.4, -0.2) is 19.0 Å². The fraction of sp³-hybridized carbons (Fsp3) is 0.286. The van der Waals surface area contributed by atoms with Gasteiger partial charge in [-0.2, -0.15) is 0 Å². The van der Waals surface area contributed by atoms with Crippen LogP contribution in [0, 0.1) is 0 Å². The smallest absolute Gasteiger partial charge is 0.224 e. The van der Waals surface area contributed by atoms with Crippen molar-refractivity contribution in [3.8, 4) is 0 Å². The Labute approximate surface area is 143 Å². The Bertz CT molecular complexity index is 803. The number of carbonyl (C=O) groups is 1. The van der Waals surface area contributed by atoms with E-state index in [4.69, 9.17) is 0 Å². The highest BCUT2D eigenvalue weighted by atomic mass is 16.2. The number of rotatable bonds is 1. The van der Waals surface area contributed by atoms with Crippen molar-refractivity contribution in [3.05, 3.63) is 59.2 Å². The Morgan fingerprint density at radius 3 is 2.50 bits per heavy atom. The van der Waals surface area contributed by atoms with Gasteiger partial charge in [-0.1, -0.05) is 36.4 Å². The zero-order valence-electron chi connectivity index (χ0n) is 14.0. The number of fused-ring (bicyclic) bond motifs is 2. The van der Waals surface area contributed by atoms with Crippen LogP contribution in [0.4, 0.5) is 11.4 Å². The van der Waals surface area contributed by atoms with Crippen molar-refractivity contribution in [2.75, 3.05) is 22.9 Å². The number of hydrogen-bond acceptors (Lipinski definition) is 2. The zero-order chi connectivity index (χ0) is 16.5. The first kappa shape index (κ1) is 15.0. The maximum atomic E-state index is 12.2. The first-order chi connectivity index (χ1) is 11.7. The normalized spacial score (nSPS) is 16.4. The highest BCUT2D eigenvalue weighted by molar-refractivity contribution is 5.95. The van der Waals surface area contributed by atoms with E-state index in [1.165, 1.54) is 29.7 Å². The summed E-state index contributed by atoms with van der Waals surface area (Å²) in [6.07, 6.45) is 6.86. The van der Waals surface area contributed by atoms with E-state index in [1.54, 1.807) is 6.92 Å². The van der Waals surface area contributed by atoms with Crippen molar-refractivity contribution in [2.45, 2.75) is 26.3 Å². The molecule has 0 aliphatic carbocycles. The third kappa shape index (κ3) is 2.71. The molecule has 0 radical (unpaired) electrons. The van der Waals surface area contributed by atoms with Crippen LogP contribution in [0.15, 0.2) is 42.5 Å². The van der Waals surface area contributed by atoms with Gasteiger partial charge in [0.25, 0.3) is 0 Å². The van der Waals surface area contributed by atoms with Gasteiger partial charge in [-0.25, -0.2) is 0 Å². The zero-order valence-corrected chi connectivity index (χ0v) is 14.0. The standard InChI is InChI=1S/C21H22N2O/c1-16(24)23-15-19-10-11-20(22-12-4-5-13-22)14-18(19)9-8-17-6-2-3-7-21(17)23/h2-3,6-11,14H,4-5,12-13,15H2,1H3. The molecule has 0 atom stereocenters. The number of benzene rings is 2. The molecule has 4 rings (SSSR count). The van der Waals surface area contributed by atoms with Gasteiger partial charge < -0.3 is 9.80 Å². The third-order valence-electron chi connectivity index (χ3n) is 4.98. The second-order valence-electron chi connectivity index (χ2n) is 6.57. The minimum atomic E-state index is 0.0762. The molecule has 24 heavy (non-hydrogen) atoms. The van der Waals surface area contributed by atoms with Crippen molar-refractivity contribution in [3.63, 3.8) is 0 Å². The van der Waals surface area contributed by atoms with E-state index >= 15 is 0 Å². The van der Waals surface area contributed by atoms with Gasteiger partial charge in [0.2, 0.25) is 5.91 Å². The van der Waals surface area contributed by atoms with Gasteiger partial charge in [-0.15, -0.1) is 0 Å². The first-order valence-corrected chi connectivity index (χ1v) is 8.65. The summed E-state index contributed by atoms with van der Waals surface area (Å²) in [6.45, 7) is 4.54. The maximum Gasteiger partial charge on any atom is 0.224 e. The van der Waals surface area contributed by atoms with Crippen LogP contribution in [0.5, 0.6) is 0 Å². The quantitative estimate of drug-likeness (QED) is 0.781. The van der Waals surface area contributed by atoms with E-state index in [9.17, 15) is 4.79 Å². The molecule has 1 fully saturated rings. The summed E-state index contributed by atoms with van der Waals surface area (Å²) in [5.41, 5.74) is 5.76. The second-order valence-corrected chi connectivity index (χ2v) is 6.57. The average Bonchev–Trinajstić information content (AvgIpc) is 3.11. The number of carbonyl (C=O) groups excluding carboxylic acids is 1. The summed E-state index contributed by atoms with van der Waals surface area (Å²) in [4.78, 5) is 16.5. The maximum absolute atomic E-state index is 12.2. The van der Waals surface area contributed by atoms with Crippen molar-refractivity contribution in [1.29, 1.82) is 0 Å². The van der Waals surface area contributed by atoms with Crippen molar-refractivity contribution in [1.82, 2.24) is 0 Å². The molecule has 3 nitrogen and oxygen atoms in total. The number of anilines is 2. The molecular weight excluding hydrogens is 296 g/mol. The van der Waals surface area contributed by atoms with Gasteiger partial charge in [0, 0.05) is 25.7 Å². The lowest BCUT2D eigenvalue weighted by molar-refractivity contribution is -0.116. The highest BCUT2D eigenvalue weighted by Crippen LogP contribution is 2.31. The van der Waals surface area contributed by atoms with Crippen molar-refractivity contribution >= 4 is 29.4 Å². The van der Waals surface area contributed by atoms with Crippen LogP contribution in [-0.2, 0) is 11.3 Å². The Hall–Kier alpha value is -2.55. The molecule has 1 amide bonds. The highest BCUT2D eigenvalue weighted by Gasteiger charge is 2.19. The van der Waals surface area contributed by atoms with Crippen LogP contribution in [0.25, 0.3) is 12.2 Å². The summed E-state index contributed by atoms with van der Waals surface area (Å²) in [5, 5.41) is 0. The molecule has 2 aliphatic heterocycles. The molecule has 122 valence electrons. The van der Waals surface area contributed by atoms with Gasteiger partial charge in [-0.3, -0.25) is 4.79 Å². The van der Waals surface area contributed by atoms with Gasteiger partial charge in [0.05, 0.1) is 12.2 Å². The van der Waals surface area contributed by atoms with Crippen LogP contribution >= 0.6 is 0 Å². The summed E-state index contributed by atoms with van der Waals surface area (Å²) in [5.74, 6) is 0.0762. The molecule has 1 saturated heterocycles. The van der Waals surface area contributed by atoms with Crippen LogP contribution < -0.4 is 9.80 Å². The third-order valence-corrected chi connectivity index (χ3v) is 4.98. The average molecular weight is 318 g/mol. The van der Waals surface area contributed by atoms with Crippen LogP contribution in [0.1, 0.15) is 36.5 Å². The van der Waals surface area contributed by atoms with E-state index in [-0.39, 0.29) is 5.91 Å². The topological polar surface area (TPSA) is 23.6 Å². The number of hydrogen-bond donors (Lipinski definition) is 0. The minimum absolute atomic E-state index is 0.0762. The molecular formula is C21H22N2O. The predicted octanol–water partition coefficient (Wildman–Crippen LogP) is 4.32. The van der Waals surface area contributed by atoms with Gasteiger partial charge in [0.15, 0.2) is 0 Å². The van der Waals surface area contributed by atoms with Gasteiger partial charge in [-0.05, 0) is 47.7 Å². The first-order valence-electron chi connectivity index (χ1n) is 8.65. The van der Waals surface area contributed by atoms with E-state index < -0.39 is 0 Å². The number of para-hydroxylation sites is 1. The van der Waals surface area contributed by atoms with E-state index in [0.717, 1.165) is 24.3 Å². The molecule has 0 aromatic heterocycles. The molecule has 2 heterocycles. The van der Waals surface area contributed by atoms with Crippen LogP contribution in [0.2, 0.25) is 0 Å². The molecule has 0 bridgehead atoms. The van der Waals surface area contributed by atoms with E-state index in [0.29, 0.717) is 6.54 Å². The Balaban J connectivity index is 1.78. The largest absolute Gasteiger partial charge is 0.372 e. The van der Waals surface area contributed by atoms with Gasteiger partial charge >= 0.3 is 0 Å². The predicted molar refractivity (Wildman–Crippen MR) is 100 cm³/mol. The summed E-state index contributed by atoms with van der Waals surface area (Å²) >= 11 is 0. The lowest BCUT2D eigenvalue weighted by Crippen LogP contribution is -2.29. The Kier molecular flexibility index (Phi) is 3.85. The SMILES string of the molecule is CC(=O)N1Cc2ccc(N3CCCC3)cc2C=Cc2ccccc21. The molecule has 2 aliphatic rings. The molecule has 2 aromatic carbocycles. The second kappa shape index (κ2) is 6.16. The fourth-order valence-corrected chi connectivity index (χ4v) is 3.64. The summed E-state index contributed by atoms with van der Waals surface area (Å²) in [6, 6.07) is 14.7. The molecule has 2 aromatic rings. The Morgan fingerprint density at radius 2 is 1.71 bits per heavy atom. The summed E-state index contributed by atoms with van der Waals surface area (Å²) < 4.78 is 0. The van der Waals surface area contributed by atoms with E-state index in [1.807, 2.05) is 23.1 Å². The van der Waals surface area contributed by atoms with Gasteiger partial charge in [0.1, 0.15) is 0 Å². The van der Waals surface area contributed by atoms with Crippen molar-refractivity contribution < 1.29 is 4.79 Å². The summed E-state index contributed by atoms with van der Waals surface area (Å²) in [7, 11) is 0. The molecule has 0 N–H and O–H groups in total. The molecule has 0 unspecified atom stereocenters. The monoisotopic (exact) mass is 318 g/mol. The Morgan fingerprint density at radius 1 is 0.958 bits per heavy atom. The molecule has 0 spiro atoms. The van der Waals surface area contributed by atoms with Crippen LogP contribution in [0.3, 0.4) is 0 Å². The molecule has 0 saturated carbocycles. The number of amides is 1. The lowest BCUT2D eigenvalue weighted by Gasteiger charge is -2.27. The van der Waals surface area contributed by atoms with E-state index in [2.05, 4.69) is 41.3 Å². The number of nitrogens with zero attached hydrogens (tertiary/aromatic N) is 2. The fourth-order valence-electron chi connectivity index (χ4n) is 3.64. The van der Waals surface area contributed by atoms with Crippen molar-refractivity contribution in [2.24, 2.45) is 0 Å². The lowest BCUT2D eigenvalue weighted by atomic mass is 10.00.